The summed E-state index contributed by atoms with van der Waals surface area (Å²) >= 11 is 0. The lowest BCUT2D eigenvalue weighted by Gasteiger charge is -2.40. The van der Waals surface area contributed by atoms with Gasteiger partial charge in [-0.3, -0.25) is 0 Å². The number of halogens is 3. The Morgan fingerprint density at radius 3 is 1.18 bits per heavy atom. The lowest BCUT2D eigenvalue weighted by Crippen LogP contribution is -2.65. The van der Waals surface area contributed by atoms with Crippen LogP contribution in [0.4, 0.5) is 13.2 Å². The zero-order valence-electron chi connectivity index (χ0n) is 36.7. The number of carbonyl (C=O) groups excluding carboxylic acids is 2. The Kier molecular flexibility index (Phi) is 15.3. The van der Waals surface area contributed by atoms with Gasteiger partial charge in [0.25, 0.3) is 0 Å². The minimum atomic E-state index is -1.68. The van der Waals surface area contributed by atoms with Crippen LogP contribution in [0.1, 0.15) is 58.2 Å². The molecule has 0 bridgehead atoms. The van der Waals surface area contributed by atoms with Crippen LogP contribution in [0, 0.1) is 17.5 Å². The average molecular weight is 855 g/mol. The molecule has 6 aromatic carbocycles. The number of methoxy groups -OCH3 is 2. The molecule has 0 unspecified atom stereocenters. The van der Waals surface area contributed by atoms with E-state index in [1.807, 2.05) is 30.3 Å². The number of rotatable bonds is 11. The van der Waals surface area contributed by atoms with Gasteiger partial charge in [0, 0.05) is 5.57 Å². The average Bonchev–Trinajstić information content (AvgIpc) is 3.27. The van der Waals surface area contributed by atoms with Crippen molar-refractivity contribution in [1.82, 2.24) is 0 Å². The maximum Gasteiger partial charge on any atom is 0.345 e. The maximum absolute atomic E-state index is 13.4. The molecule has 0 aliphatic carbocycles. The van der Waals surface area contributed by atoms with Crippen LogP contribution in [-0.4, -0.2) is 38.1 Å². The molecule has 0 aliphatic heterocycles. The summed E-state index contributed by atoms with van der Waals surface area (Å²) in [6.07, 6.45) is -1.68. The Morgan fingerprint density at radius 2 is 0.887 bits per heavy atom. The summed E-state index contributed by atoms with van der Waals surface area (Å²) in [5.41, 5.74) is 6.34. The van der Waals surface area contributed by atoms with Crippen molar-refractivity contribution in [3.8, 4) is 0 Å². The quantitative estimate of drug-likeness (QED) is 0.0325. The van der Waals surface area contributed by atoms with E-state index in [0.717, 1.165) is 31.7 Å². The molecule has 0 atom stereocenters. The van der Waals surface area contributed by atoms with Gasteiger partial charge in [-0.05, 0) is 88.2 Å². The predicted octanol–water partition coefficient (Wildman–Crippen LogP) is 10.4. The first-order valence-corrected chi connectivity index (χ1v) is 21.8. The van der Waals surface area contributed by atoms with E-state index in [9.17, 15) is 22.8 Å². The molecule has 0 fully saturated rings. The minimum Gasteiger partial charge on any atom is -0.465 e. The highest BCUT2D eigenvalue weighted by atomic mass is 32.2. The molecule has 9 heteroatoms. The number of ether oxygens (including phenoxy) is 2. The zero-order valence-corrected chi connectivity index (χ0v) is 37.5. The summed E-state index contributed by atoms with van der Waals surface area (Å²) in [7, 11) is 2.08. The predicted molar refractivity (Wildman–Crippen MR) is 250 cm³/mol. The van der Waals surface area contributed by atoms with E-state index in [0.29, 0.717) is 11.3 Å². The molecular formula is C53H54BF3O4S. The fourth-order valence-corrected chi connectivity index (χ4v) is 9.58. The van der Waals surface area contributed by atoms with E-state index in [1.54, 1.807) is 42.4 Å². The minimum absolute atomic E-state index is 0.0313. The lowest BCUT2D eigenvalue weighted by atomic mass is 9.16. The summed E-state index contributed by atoms with van der Waals surface area (Å²) in [6.45, 7) is 17.2. The van der Waals surface area contributed by atoms with Gasteiger partial charge in [0.2, 0.25) is 0 Å². The van der Waals surface area contributed by atoms with Gasteiger partial charge in [-0.1, -0.05) is 133 Å². The highest BCUT2D eigenvalue weighted by Crippen LogP contribution is 2.34. The largest absolute Gasteiger partial charge is 0.465 e. The van der Waals surface area contributed by atoms with Crippen molar-refractivity contribution >= 4 is 50.9 Å². The Bertz CT molecular complexity index is 2280. The van der Waals surface area contributed by atoms with Gasteiger partial charge in [-0.25, -0.2) is 28.7 Å². The highest BCUT2D eigenvalue weighted by Gasteiger charge is 2.34. The van der Waals surface area contributed by atoms with E-state index in [1.165, 1.54) is 61.7 Å². The van der Waals surface area contributed by atoms with Gasteiger partial charge >= 0.3 is 11.9 Å². The van der Waals surface area contributed by atoms with Crippen LogP contribution in [0.15, 0.2) is 180 Å². The van der Waals surface area contributed by atoms with Gasteiger partial charge in [-0.15, -0.1) is 6.58 Å². The van der Waals surface area contributed by atoms with Crippen LogP contribution >= 0.6 is 0 Å². The Balaban J connectivity index is 0.000000259. The Hall–Kier alpha value is -6.06. The smallest absolute Gasteiger partial charge is 0.345 e. The van der Waals surface area contributed by atoms with Gasteiger partial charge in [0.15, 0.2) is 15.4 Å². The van der Waals surface area contributed by atoms with Crippen molar-refractivity contribution in [3.05, 3.63) is 204 Å². The second-order valence-corrected chi connectivity index (χ2v) is 19.1. The van der Waals surface area contributed by atoms with Crippen LogP contribution in [0.25, 0.3) is 5.57 Å². The van der Waals surface area contributed by atoms with Crippen molar-refractivity contribution in [2.24, 2.45) is 0 Å². The van der Waals surface area contributed by atoms with Crippen molar-refractivity contribution in [1.29, 1.82) is 0 Å². The molecule has 62 heavy (non-hydrogen) atoms. The number of hydrogen-bond acceptors (Lipinski definition) is 4. The molecule has 0 radical (unpaired) electrons. The van der Waals surface area contributed by atoms with Gasteiger partial charge in [0.05, 0.1) is 31.3 Å². The summed E-state index contributed by atoms with van der Waals surface area (Å²) in [5.74, 6) is -0.223. The van der Waals surface area contributed by atoms with Crippen LogP contribution in [0.3, 0.4) is 0 Å². The van der Waals surface area contributed by atoms with Crippen molar-refractivity contribution < 1.29 is 32.2 Å². The number of esters is 2. The molecule has 6 rings (SSSR count). The van der Waals surface area contributed by atoms with E-state index < -0.39 is 29.0 Å². The third kappa shape index (κ3) is 11.1. The van der Waals surface area contributed by atoms with E-state index in [4.69, 9.17) is 9.47 Å². The zero-order chi connectivity index (χ0) is 45.2. The van der Waals surface area contributed by atoms with E-state index in [2.05, 4.69) is 96.7 Å². The fraction of sp³-hybridized carbons (Fsp3) is 0.208. The first-order valence-electron chi connectivity index (χ1n) is 20.4. The molecule has 0 N–H and O–H groups in total. The van der Waals surface area contributed by atoms with Gasteiger partial charge in [-0.2, -0.15) is 16.4 Å². The first-order chi connectivity index (χ1) is 29.4. The third-order valence-electron chi connectivity index (χ3n) is 11.0. The number of hydrogen-bond donors (Lipinski definition) is 0. The molecule has 4 nitrogen and oxygen atoms in total. The molecule has 0 aliphatic rings. The molecule has 0 amide bonds. The van der Waals surface area contributed by atoms with Crippen molar-refractivity contribution in [2.45, 2.75) is 62.2 Å². The molecule has 0 aromatic heterocycles. The van der Waals surface area contributed by atoms with Crippen LogP contribution in [0.2, 0.25) is 0 Å². The molecule has 0 saturated heterocycles. The summed E-state index contributed by atoms with van der Waals surface area (Å²) in [5, 5.41) is 0. The van der Waals surface area contributed by atoms with Crippen LogP contribution < -0.4 is 16.4 Å². The Morgan fingerprint density at radius 1 is 0.548 bits per heavy atom. The summed E-state index contributed by atoms with van der Waals surface area (Å²) in [6, 6.07) is 45.3. The monoisotopic (exact) mass is 854 g/mol. The number of benzene rings is 6. The molecule has 0 saturated carbocycles. The SMILES string of the molecule is C=C[B-](c1ccc(F)cc1)(c1ccc(F)cc1)c1ccc(F)cc1.COC(=O)C(C(=O)OC)=C(C[S+](c1ccc(C(C)(C)C)cc1)c1ccc(C(C)(C)C)cc1)c1ccccc1. The molecule has 320 valence electrons. The summed E-state index contributed by atoms with van der Waals surface area (Å²) in [4.78, 5) is 28.1. The third-order valence-corrected chi connectivity index (χ3v) is 13.3. The fourth-order valence-electron chi connectivity index (χ4n) is 7.44. The molecule has 6 aromatic rings. The van der Waals surface area contributed by atoms with Crippen molar-refractivity contribution in [3.63, 3.8) is 0 Å². The van der Waals surface area contributed by atoms with Crippen molar-refractivity contribution in [2.75, 3.05) is 20.0 Å². The van der Waals surface area contributed by atoms with Gasteiger partial charge in [0.1, 0.15) is 23.2 Å². The standard InChI is InChI=1S/C33H39O4S.C20H15BF3/c1-32(2,3)24-14-18-26(19-15-24)38(27-20-16-25(17-21-27)33(4,5)6)22-28(23-12-10-9-11-13-23)29(30(34)36-7)31(35)37-8;1-2-21(15-3-9-18(22)10-4-15,16-5-11-19(23)12-6-16)17-7-13-20(24)14-8-17/h9-21H,22H2,1-8H3;2-14H,1H2/q+1;-1. The van der Waals surface area contributed by atoms with Crippen LogP contribution in [-0.2, 0) is 40.8 Å². The second-order valence-electron chi connectivity index (χ2n) is 17.1. The van der Waals surface area contributed by atoms with E-state index in [-0.39, 0.29) is 33.9 Å². The number of carbonyl (C=O) groups is 2. The normalized spacial score (nSPS) is 11.5. The second kappa shape index (κ2) is 20.2. The van der Waals surface area contributed by atoms with E-state index >= 15 is 0 Å². The molecule has 0 heterocycles. The Labute approximate surface area is 367 Å². The van der Waals surface area contributed by atoms with Crippen LogP contribution in [0.5, 0.6) is 0 Å². The molecule has 0 spiro atoms. The maximum atomic E-state index is 13.4. The highest BCUT2D eigenvalue weighted by molar-refractivity contribution is 7.97. The lowest BCUT2D eigenvalue weighted by molar-refractivity contribution is -0.143. The molecular weight excluding hydrogens is 800 g/mol. The van der Waals surface area contributed by atoms with Gasteiger partial charge < -0.3 is 9.47 Å². The first kappa shape index (κ1) is 47.0. The summed E-state index contributed by atoms with van der Waals surface area (Å²) < 4.78 is 50.2. The topological polar surface area (TPSA) is 52.6 Å².